The number of rotatable bonds is 60. The van der Waals surface area contributed by atoms with Crippen LogP contribution in [0.25, 0.3) is 0 Å². The number of quaternary nitrogens is 1. The third-order valence-electron chi connectivity index (χ3n) is 14.6. The van der Waals surface area contributed by atoms with Crippen LogP contribution in [0, 0.1) is 0 Å². The molecule has 0 heterocycles. The lowest BCUT2D eigenvalue weighted by molar-refractivity contribution is -0.870. The fraction of sp³-hybridized carbons (Fsp3) is 0.757. The number of likely N-dealkylation sites (N-methyl/N-ethyl adjacent to an activating group) is 1. The molecule has 2 N–H and O–H groups in total. The van der Waals surface area contributed by atoms with Crippen molar-refractivity contribution >= 4 is 13.7 Å². The van der Waals surface area contributed by atoms with Gasteiger partial charge < -0.3 is 28.8 Å². The van der Waals surface area contributed by atoms with Gasteiger partial charge in [0.2, 0.25) is 5.91 Å². The van der Waals surface area contributed by atoms with Crippen LogP contribution in [-0.4, -0.2) is 68.5 Å². The Bertz CT molecular complexity index is 1610. The van der Waals surface area contributed by atoms with Crippen LogP contribution in [0.5, 0.6) is 0 Å². The number of nitrogens with zero attached hydrogens (tertiary/aromatic N) is 1. The molecular formula is C70H127N2O6P. The molecule has 0 bridgehead atoms. The molecule has 0 aliphatic carbocycles. The Balaban J connectivity index is 4.03. The Hall–Kier alpha value is -2.58. The maximum atomic E-state index is 13.0. The van der Waals surface area contributed by atoms with Crippen molar-refractivity contribution in [1.82, 2.24) is 5.32 Å². The normalized spacial score (nSPS) is 14.4. The Morgan fingerprint density at radius 1 is 0.456 bits per heavy atom. The Labute approximate surface area is 489 Å². The third-order valence-corrected chi connectivity index (χ3v) is 15.6. The number of phosphoric ester groups is 1. The molecule has 0 aliphatic heterocycles. The van der Waals surface area contributed by atoms with E-state index in [1.54, 1.807) is 0 Å². The van der Waals surface area contributed by atoms with Gasteiger partial charge in [0, 0.05) is 6.42 Å². The fourth-order valence-corrected chi connectivity index (χ4v) is 10.2. The van der Waals surface area contributed by atoms with Gasteiger partial charge in [-0.3, -0.25) is 9.36 Å². The summed E-state index contributed by atoms with van der Waals surface area (Å²) in [5, 5.41) is 14.1. The van der Waals surface area contributed by atoms with Crippen LogP contribution >= 0.6 is 7.82 Å². The SMILES string of the molecule is CC/C=C\C/C=C\C/C=C\C/C=C\C/C=C\C/C=C\C/C=C\C/C=C\CCCCCCCCCCCCCCCCC(=O)NC(COP(=O)([O-])OCC[N+](C)(C)C)C(O)CCCCCCCCCCCCCCCCCCCC. The molecule has 0 spiro atoms. The first kappa shape index (κ1) is 76.4. The highest BCUT2D eigenvalue weighted by Gasteiger charge is 2.24. The molecule has 0 rings (SSSR count). The van der Waals surface area contributed by atoms with E-state index in [9.17, 15) is 19.4 Å². The summed E-state index contributed by atoms with van der Waals surface area (Å²) in [7, 11) is 1.30. The van der Waals surface area contributed by atoms with Crippen LogP contribution in [0.3, 0.4) is 0 Å². The number of phosphoric acid groups is 1. The number of amides is 1. The zero-order chi connectivity index (χ0) is 57.7. The first-order chi connectivity index (χ1) is 38.5. The minimum absolute atomic E-state index is 0.00989. The van der Waals surface area contributed by atoms with E-state index in [0.717, 1.165) is 89.9 Å². The summed E-state index contributed by atoms with van der Waals surface area (Å²) in [6, 6.07) is -0.806. The Kier molecular flexibility index (Phi) is 58.1. The van der Waals surface area contributed by atoms with Crippen LogP contribution in [0.15, 0.2) is 97.2 Å². The van der Waals surface area contributed by atoms with Crippen LogP contribution in [0.4, 0.5) is 0 Å². The zero-order valence-electron chi connectivity index (χ0n) is 52.3. The van der Waals surface area contributed by atoms with Gasteiger partial charge in [-0.15, -0.1) is 0 Å². The number of nitrogens with one attached hydrogen (secondary N) is 1. The van der Waals surface area contributed by atoms with E-state index in [4.69, 9.17) is 9.05 Å². The van der Waals surface area contributed by atoms with Crippen LogP contribution < -0.4 is 10.2 Å². The Morgan fingerprint density at radius 3 is 1.13 bits per heavy atom. The van der Waals surface area contributed by atoms with Gasteiger partial charge in [-0.25, -0.2) is 0 Å². The van der Waals surface area contributed by atoms with Crippen molar-refractivity contribution in [3.8, 4) is 0 Å². The van der Waals surface area contributed by atoms with E-state index < -0.39 is 20.0 Å². The predicted octanol–water partition coefficient (Wildman–Crippen LogP) is 20.3. The summed E-state index contributed by atoms with van der Waals surface area (Å²) in [5.41, 5.74) is 0. The number of hydrogen-bond acceptors (Lipinski definition) is 6. The molecule has 79 heavy (non-hydrogen) atoms. The average Bonchev–Trinajstić information content (AvgIpc) is 3.42. The molecule has 9 heteroatoms. The lowest BCUT2D eigenvalue weighted by atomic mass is 10.0. The molecule has 0 aromatic heterocycles. The summed E-state index contributed by atoms with van der Waals surface area (Å²) >= 11 is 0. The molecule has 1 amide bonds. The van der Waals surface area contributed by atoms with Crippen molar-refractivity contribution < 1.29 is 32.9 Å². The summed E-state index contributed by atoms with van der Waals surface area (Å²) < 4.78 is 23.5. The summed E-state index contributed by atoms with van der Waals surface area (Å²) in [6.45, 7) is 4.63. The van der Waals surface area contributed by atoms with Gasteiger partial charge >= 0.3 is 0 Å². The van der Waals surface area contributed by atoms with Crippen molar-refractivity contribution in [2.45, 2.75) is 302 Å². The molecule has 0 aliphatic rings. The second kappa shape index (κ2) is 60.0. The minimum atomic E-state index is -4.58. The Morgan fingerprint density at radius 2 is 0.772 bits per heavy atom. The third kappa shape index (κ3) is 62.9. The van der Waals surface area contributed by atoms with Gasteiger partial charge in [0.25, 0.3) is 7.82 Å². The van der Waals surface area contributed by atoms with Gasteiger partial charge in [-0.05, 0) is 77.0 Å². The number of carbonyl (C=O) groups is 1. The first-order valence-corrected chi connectivity index (χ1v) is 34.5. The maximum absolute atomic E-state index is 13.0. The summed E-state index contributed by atoms with van der Waals surface area (Å²) in [6.07, 6.45) is 86.0. The lowest BCUT2D eigenvalue weighted by Gasteiger charge is -2.30. The highest BCUT2D eigenvalue weighted by molar-refractivity contribution is 7.45. The molecule has 0 saturated heterocycles. The van der Waals surface area contributed by atoms with E-state index in [1.807, 2.05) is 21.1 Å². The molecule has 0 fully saturated rings. The first-order valence-electron chi connectivity index (χ1n) is 33.1. The smallest absolute Gasteiger partial charge is 0.268 e. The predicted molar refractivity (Wildman–Crippen MR) is 343 cm³/mol. The van der Waals surface area contributed by atoms with Crippen LogP contribution in [-0.2, 0) is 18.4 Å². The molecule has 0 saturated carbocycles. The molecule has 3 atom stereocenters. The van der Waals surface area contributed by atoms with Crippen LogP contribution in [0.1, 0.15) is 290 Å². The van der Waals surface area contributed by atoms with Crippen molar-refractivity contribution in [3.63, 3.8) is 0 Å². The minimum Gasteiger partial charge on any atom is -0.756 e. The fourth-order valence-electron chi connectivity index (χ4n) is 9.47. The molecule has 0 aromatic carbocycles. The molecule has 458 valence electrons. The van der Waals surface area contributed by atoms with Gasteiger partial charge in [0.1, 0.15) is 13.2 Å². The molecular weight excluding hydrogens is 996 g/mol. The standard InChI is InChI=1S/C70H127N2O6P/c1-6-8-10-12-14-16-18-20-22-24-26-27-28-29-30-31-32-33-34-35-36-37-38-39-40-41-42-43-44-45-46-48-50-52-54-56-58-60-62-64-70(74)71-68(67-78-79(75,76)77-66-65-72(3,4)5)69(73)63-61-59-57-55-53-51-49-47-25-23-21-19-17-15-13-11-9-7-2/h8,10,14,16,20,22,26-27,29-30,32-33,35-36,38-39,68-69,73H,6-7,9,11-13,15,17-19,21,23-25,28,31,34,37,40-67H2,1-5H3,(H-,71,74,75,76)/b10-8-,16-14-,22-20-,27-26-,30-29-,33-32-,36-35-,39-38-. The molecule has 8 nitrogen and oxygen atoms in total. The van der Waals surface area contributed by atoms with Gasteiger partial charge in [-0.1, -0.05) is 304 Å². The molecule has 0 radical (unpaired) electrons. The molecule has 0 aromatic rings. The number of aliphatic hydroxyl groups is 1. The van der Waals surface area contributed by atoms with E-state index in [-0.39, 0.29) is 19.1 Å². The second-order valence-electron chi connectivity index (χ2n) is 23.4. The number of unbranched alkanes of at least 4 members (excludes halogenated alkanes) is 31. The average molecular weight is 1120 g/mol. The van der Waals surface area contributed by atoms with E-state index in [0.29, 0.717) is 23.9 Å². The second-order valence-corrected chi connectivity index (χ2v) is 24.9. The van der Waals surface area contributed by atoms with Crippen molar-refractivity contribution in [1.29, 1.82) is 0 Å². The van der Waals surface area contributed by atoms with E-state index in [1.165, 1.54) is 173 Å². The maximum Gasteiger partial charge on any atom is 0.268 e. The van der Waals surface area contributed by atoms with Gasteiger partial charge in [-0.2, -0.15) is 0 Å². The summed E-state index contributed by atoms with van der Waals surface area (Å²) in [4.78, 5) is 25.6. The van der Waals surface area contributed by atoms with E-state index in [2.05, 4.69) is 116 Å². The largest absolute Gasteiger partial charge is 0.756 e. The highest BCUT2D eigenvalue weighted by atomic mass is 31.2. The molecule has 3 unspecified atom stereocenters. The number of carbonyl (C=O) groups excluding carboxylic acids is 1. The quantitative estimate of drug-likeness (QED) is 0.0272. The van der Waals surface area contributed by atoms with Crippen molar-refractivity contribution in [2.24, 2.45) is 0 Å². The monoisotopic (exact) mass is 1120 g/mol. The van der Waals surface area contributed by atoms with Gasteiger partial charge in [0.05, 0.1) is 39.9 Å². The zero-order valence-corrected chi connectivity index (χ0v) is 53.2. The number of allylic oxidation sites excluding steroid dienone is 16. The van der Waals surface area contributed by atoms with Crippen molar-refractivity contribution in [2.75, 3.05) is 40.9 Å². The topological polar surface area (TPSA) is 108 Å². The van der Waals surface area contributed by atoms with E-state index >= 15 is 0 Å². The number of hydrogen-bond donors (Lipinski definition) is 2. The van der Waals surface area contributed by atoms with Crippen LogP contribution in [0.2, 0.25) is 0 Å². The van der Waals surface area contributed by atoms with Gasteiger partial charge in [0.15, 0.2) is 0 Å². The highest BCUT2D eigenvalue weighted by Crippen LogP contribution is 2.38. The number of aliphatic hydroxyl groups excluding tert-OH is 1. The van der Waals surface area contributed by atoms with Crippen molar-refractivity contribution in [3.05, 3.63) is 97.2 Å². The lowest BCUT2D eigenvalue weighted by Crippen LogP contribution is -2.46. The summed E-state index contributed by atoms with van der Waals surface area (Å²) in [5.74, 6) is -0.165.